The van der Waals surface area contributed by atoms with Crippen LogP contribution in [0.25, 0.3) is 11.4 Å². The molecule has 2 aromatic rings. The number of allylic oxidation sites excluding steroid dienone is 2. The average Bonchev–Trinajstić information content (AvgIpc) is 2.82. The van der Waals surface area contributed by atoms with Crippen molar-refractivity contribution >= 4 is 5.97 Å². The number of rotatable bonds is 16. The van der Waals surface area contributed by atoms with Gasteiger partial charge in [-0.25, -0.2) is 9.97 Å². The highest BCUT2D eigenvalue weighted by Gasteiger charge is 2.07. The van der Waals surface area contributed by atoms with E-state index in [0.717, 1.165) is 63.7 Å². The number of benzene rings is 1. The minimum atomic E-state index is -0.234. The second kappa shape index (κ2) is 16.2. The molecule has 0 unspecified atom stereocenters. The second-order valence-corrected chi connectivity index (χ2v) is 7.96. The molecule has 1 heterocycles. The summed E-state index contributed by atoms with van der Waals surface area (Å²) in [6.07, 6.45) is 17.4. The van der Waals surface area contributed by atoms with Gasteiger partial charge < -0.3 is 9.47 Å². The number of hydrogen-bond donors (Lipinski definition) is 0. The number of carbonyl (C=O) groups is 1. The molecule has 5 heteroatoms. The highest BCUT2D eigenvalue weighted by molar-refractivity contribution is 5.72. The maximum absolute atomic E-state index is 12.0. The quantitative estimate of drug-likeness (QED) is 0.165. The zero-order valence-corrected chi connectivity index (χ0v) is 19.7. The largest absolute Gasteiger partial charge is 0.423 e. The lowest BCUT2D eigenvalue weighted by Gasteiger charge is -2.06. The van der Waals surface area contributed by atoms with Crippen molar-refractivity contribution in [3.8, 4) is 17.1 Å². The first kappa shape index (κ1) is 25.7. The SMILES string of the molecule is CCC=CCCCCC(=O)Oc1cnc(-c2ccc(CCCCCOCCC)cc2)nc1. The Hall–Kier alpha value is -2.53. The molecule has 0 amide bonds. The van der Waals surface area contributed by atoms with Gasteiger partial charge in [0.2, 0.25) is 0 Å². The summed E-state index contributed by atoms with van der Waals surface area (Å²) in [5.74, 6) is 0.790. The van der Waals surface area contributed by atoms with Crippen molar-refractivity contribution in [1.29, 1.82) is 0 Å². The van der Waals surface area contributed by atoms with Gasteiger partial charge in [0, 0.05) is 25.2 Å². The average molecular weight is 439 g/mol. The fourth-order valence-electron chi connectivity index (χ4n) is 3.29. The van der Waals surface area contributed by atoms with Gasteiger partial charge in [-0.3, -0.25) is 4.79 Å². The first-order valence-electron chi connectivity index (χ1n) is 12.1. The summed E-state index contributed by atoms with van der Waals surface area (Å²) in [6.45, 7) is 5.98. The lowest BCUT2D eigenvalue weighted by atomic mass is 10.0. The lowest BCUT2D eigenvalue weighted by molar-refractivity contribution is -0.134. The molecule has 0 bridgehead atoms. The summed E-state index contributed by atoms with van der Waals surface area (Å²) < 4.78 is 10.9. The molecule has 1 aromatic heterocycles. The van der Waals surface area contributed by atoms with E-state index in [9.17, 15) is 4.79 Å². The summed E-state index contributed by atoms with van der Waals surface area (Å²) in [4.78, 5) is 20.7. The number of aryl methyl sites for hydroxylation is 1. The number of ether oxygens (including phenoxy) is 2. The molecule has 0 radical (unpaired) electrons. The van der Waals surface area contributed by atoms with Crippen LogP contribution in [0.3, 0.4) is 0 Å². The monoisotopic (exact) mass is 438 g/mol. The van der Waals surface area contributed by atoms with Crippen molar-refractivity contribution in [3.05, 3.63) is 54.4 Å². The molecule has 5 nitrogen and oxygen atoms in total. The molecule has 0 saturated heterocycles. The van der Waals surface area contributed by atoms with E-state index in [1.54, 1.807) is 12.4 Å². The summed E-state index contributed by atoms with van der Waals surface area (Å²) in [7, 11) is 0. The number of aromatic nitrogens is 2. The van der Waals surface area contributed by atoms with Crippen LogP contribution >= 0.6 is 0 Å². The third kappa shape index (κ3) is 10.7. The first-order valence-corrected chi connectivity index (χ1v) is 12.1. The topological polar surface area (TPSA) is 61.3 Å². The molecule has 0 fully saturated rings. The van der Waals surface area contributed by atoms with Gasteiger partial charge in [0.15, 0.2) is 11.6 Å². The molecule has 0 atom stereocenters. The van der Waals surface area contributed by atoms with Crippen LogP contribution < -0.4 is 4.74 Å². The molecule has 1 aromatic carbocycles. The number of unbranched alkanes of at least 4 members (excludes halogenated alkanes) is 4. The van der Waals surface area contributed by atoms with E-state index in [4.69, 9.17) is 9.47 Å². The Morgan fingerprint density at radius 1 is 0.906 bits per heavy atom. The summed E-state index contributed by atoms with van der Waals surface area (Å²) in [5, 5.41) is 0. The Morgan fingerprint density at radius 3 is 2.41 bits per heavy atom. The number of nitrogens with zero attached hydrogens (tertiary/aromatic N) is 2. The first-order chi connectivity index (χ1) is 15.7. The van der Waals surface area contributed by atoms with Gasteiger partial charge in [-0.15, -0.1) is 0 Å². The van der Waals surface area contributed by atoms with Crippen LogP contribution in [-0.2, 0) is 16.0 Å². The smallest absolute Gasteiger partial charge is 0.311 e. The standard InChI is InChI=1S/C27H38N2O3/c1-3-5-6-7-8-11-14-26(30)32-25-21-28-27(29-22-25)24-17-15-23(16-18-24)13-10-9-12-20-31-19-4-2/h5-6,15-18,21-22H,3-4,7-14,19-20H2,1-2H3. The van der Waals surface area contributed by atoms with E-state index in [-0.39, 0.29) is 5.97 Å². The number of carbonyl (C=O) groups excluding carboxylic acids is 1. The Labute approximate surface area is 193 Å². The van der Waals surface area contributed by atoms with Crippen molar-refractivity contribution in [3.63, 3.8) is 0 Å². The van der Waals surface area contributed by atoms with Gasteiger partial charge in [0.05, 0.1) is 12.4 Å². The van der Waals surface area contributed by atoms with Crippen LogP contribution in [-0.4, -0.2) is 29.2 Å². The van der Waals surface area contributed by atoms with Crippen LogP contribution in [0, 0.1) is 0 Å². The maximum atomic E-state index is 12.0. The van der Waals surface area contributed by atoms with E-state index >= 15 is 0 Å². The van der Waals surface area contributed by atoms with Crippen molar-refractivity contribution in [2.45, 2.75) is 78.1 Å². The van der Waals surface area contributed by atoms with E-state index < -0.39 is 0 Å². The van der Waals surface area contributed by atoms with Crippen molar-refractivity contribution < 1.29 is 14.3 Å². The van der Waals surface area contributed by atoms with E-state index in [2.05, 4.69) is 48.1 Å². The third-order valence-corrected chi connectivity index (χ3v) is 5.08. The second-order valence-electron chi connectivity index (χ2n) is 7.96. The number of hydrogen-bond acceptors (Lipinski definition) is 5. The Morgan fingerprint density at radius 2 is 1.69 bits per heavy atom. The number of esters is 1. The molecule has 0 aliphatic rings. The fraction of sp³-hybridized carbons (Fsp3) is 0.519. The van der Waals surface area contributed by atoms with E-state index in [1.165, 1.54) is 18.4 Å². The summed E-state index contributed by atoms with van der Waals surface area (Å²) in [5.41, 5.74) is 2.28. The molecular weight excluding hydrogens is 400 g/mol. The van der Waals surface area contributed by atoms with Crippen LogP contribution in [0.2, 0.25) is 0 Å². The van der Waals surface area contributed by atoms with E-state index in [1.807, 2.05) is 12.1 Å². The van der Waals surface area contributed by atoms with Crippen LogP contribution in [0.15, 0.2) is 48.8 Å². The minimum absolute atomic E-state index is 0.234. The predicted octanol–water partition coefficient (Wildman–Crippen LogP) is 6.72. The molecular formula is C27H38N2O3. The van der Waals surface area contributed by atoms with Gasteiger partial charge in [-0.05, 0) is 56.9 Å². The van der Waals surface area contributed by atoms with Gasteiger partial charge in [-0.2, -0.15) is 0 Å². The van der Waals surface area contributed by atoms with Crippen LogP contribution in [0.4, 0.5) is 0 Å². The van der Waals surface area contributed by atoms with E-state index in [0.29, 0.717) is 18.0 Å². The third-order valence-electron chi connectivity index (χ3n) is 5.08. The van der Waals surface area contributed by atoms with Gasteiger partial charge in [0.25, 0.3) is 0 Å². The maximum Gasteiger partial charge on any atom is 0.311 e. The minimum Gasteiger partial charge on any atom is -0.423 e. The van der Waals surface area contributed by atoms with Crippen molar-refractivity contribution in [1.82, 2.24) is 9.97 Å². The van der Waals surface area contributed by atoms with Crippen molar-refractivity contribution in [2.24, 2.45) is 0 Å². The predicted molar refractivity (Wildman–Crippen MR) is 130 cm³/mol. The lowest BCUT2D eigenvalue weighted by Crippen LogP contribution is -2.08. The Balaban J connectivity index is 1.70. The highest BCUT2D eigenvalue weighted by atomic mass is 16.5. The molecule has 0 N–H and O–H groups in total. The molecule has 0 saturated carbocycles. The summed E-state index contributed by atoms with van der Waals surface area (Å²) in [6, 6.07) is 8.37. The van der Waals surface area contributed by atoms with Gasteiger partial charge in [0.1, 0.15) is 0 Å². The molecule has 32 heavy (non-hydrogen) atoms. The van der Waals surface area contributed by atoms with Crippen LogP contribution in [0.5, 0.6) is 5.75 Å². The molecule has 0 aliphatic carbocycles. The van der Waals surface area contributed by atoms with Crippen LogP contribution in [0.1, 0.15) is 77.2 Å². The fourth-order valence-corrected chi connectivity index (χ4v) is 3.29. The molecule has 0 spiro atoms. The highest BCUT2D eigenvalue weighted by Crippen LogP contribution is 2.19. The van der Waals surface area contributed by atoms with Gasteiger partial charge in [-0.1, -0.05) is 56.7 Å². The zero-order chi connectivity index (χ0) is 22.9. The zero-order valence-electron chi connectivity index (χ0n) is 19.7. The molecule has 0 aliphatic heterocycles. The van der Waals surface area contributed by atoms with Crippen molar-refractivity contribution in [2.75, 3.05) is 13.2 Å². The Bertz CT molecular complexity index is 786. The van der Waals surface area contributed by atoms with Gasteiger partial charge >= 0.3 is 5.97 Å². The molecule has 2 rings (SSSR count). The molecule has 174 valence electrons. The summed E-state index contributed by atoms with van der Waals surface area (Å²) >= 11 is 0. The normalized spacial score (nSPS) is 11.2. The Kier molecular flexibility index (Phi) is 13.0.